The third kappa shape index (κ3) is 2.82. The van der Waals surface area contributed by atoms with E-state index < -0.39 is 0 Å². The number of aromatic nitrogens is 3. The number of rotatable bonds is 3. The predicted molar refractivity (Wildman–Crippen MR) is 67.2 cm³/mol. The minimum absolute atomic E-state index is 0.684. The molecule has 0 aliphatic carbocycles. The summed E-state index contributed by atoms with van der Waals surface area (Å²) in [5, 5.41) is 11.2. The highest BCUT2D eigenvalue weighted by molar-refractivity contribution is 9.10. The van der Waals surface area contributed by atoms with Crippen LogP contribution in [0.15, 0.2) is 28.9 Å². The first-order valence-corrected chi connectivity index (χ1v) is 5.79. The highest BCUT2D eigenvalue weighted by Crippen LogP contribution is 2.19. The Morgan fingerprint density at radius 3 is 2.81 bits per heavy atom. The molecule has 0 spiro atoms. The summed E-state index contributed by atoms with van der Waals surface area (Å²) in [6, 6.07) is 6.22. The quantitative estimate of drug-likeness (QED) is 0.940. The van der Waals surface area contributed by atoms with Crippen LogP contribution in [-0.2, 0) is 13.6 Å². The van der Waals surface area contributed by atoms with Gasteiger partial charge in [0, 0.05) is 23.4 Å². The molecule has 0 radical (unpaired) electrons. The molecule has 16 heavy (non-hydrogen) atoms. The highest BCUT2D eigenvalue weighted by Gasteiger charge is 1.99. The maximum atomic E-state index is 4.01. The smallest absolute Gasteiger partial charge is 0.102 e. The Bertz CT molecular complexity index is 472. The summed E-state index contributed by atoms with van der Waals surface area (Å²) >= 11 is 3.47. The van der Waals surface area contributed by atoms with E-state index in [2.05, 4.69) is 50.6 Å². The molecule has 0 fully saturated rings. The molecule has 1 N–H and O–H groups in total. The zero-order chi connectivity index (χ0) is 11.5. The van der Waals surface area contributed by atoms with E-state index in [1.807, 2.05) is 19.3 Å². The summed E-state index contributed by atoms with van der Waals surface area (Å²) in [4.78, 5) is 0. The fourth-order valence-electron chi connectivity index (χ4n) is 1.51. The van der Waals surface area contributed by atoms with Crippen LogP contribution in [0.25, 0.3) is 0 Å². The molecule has 0 aliphatic heterocycles. The van der Waals surface area contributed by atoms with Crippen molar-refractivity contribution in [3.8, 4) is 0 Å². The third-order valence-electron chi connectivity index (χ3n) is 2.17. The molecule has 4 nitrogen and oxygen atoms in total. The standard InChI is InChI=1S/C11H13BrN4/c1-8-3-9(12)5-10(4-8)13-6-11-7-16(2)15-14-11/h3-5,7,13H,6H2,1-2H3. The van der Waals surface area contributed by atoms with E-state index in [4.69, 9.17) is 0 Å². The Morgan fingerprint density at radius 2 is 2.19 bits per heavy atom. The molecule has 0 saturated heterocycles. The molecule has 0 bridgehead atoms. The molecular weight excluding hydrogens is 268 g/mol. The van der Waals surface area contributed by atoms with E-state index >= 15 is 0 Å². The monoisotopic (exact) mass is 280 g/mol. The largest absolute Gasteiger partial charge is 0.379 e. The molecule has 84 valence electrons. The van der Waals surface area contributed by atoms with Crippen molar-refractivity contribution in [3.63, 3.8) is 0 Å². The molecule has 0 unspecified atom stereocenters. The van der Waals surface area contributed by atoms with Gasteiger partial charge in [0.15, 0.2) is 0 Å². The second-order valence-corrected chi connectivity index (χ2v) is 4.67. The van der Waals surface area contributed by atoms with Gasteiger partial charge < -0.3 is 5.32 Å². The minimum atomic E-state index is 0.684. The van der Waals surface area contributed by atoms with Crippen LogP contribution in [0.4, 0.5) is 5.69 Å². The van der Waals surface area contributed by atoms with E-state index in [9.17, 15) is 0 Å². The van der Waals surface area contributed by atoms with Gasteiger partial charge in [0.05, 0.1) is 6.54 Å². The predicted octanol–water partition coefficient (Wildman–Crippen LogP) is 2.50. The number of hydrogen-bond acceptors (Lipinski definition) is 3. The molecule has 0 atom stereocenters. The van der Waals surface area contributed by atoms with Gasteiger partial charge in [-0.2, -0.15) is 0 Å². The third-order valence-corrected chi connectivity index (χ3v) is 2.62. The van der Waals surface area contributed by atoms with Gasteiger partial charge in [0.1, 0.15) is 5.69 Å². The van der Waals surface area contributed by atoms with E-state index in [0.29, 0.717) is 6.54 Å². The van der Waals surface area contributed by atoms with Gasteiger partial charge in [0.25, 0.3) is 0 Å². The van der Waals surface area contributed by atoms with Gasteiger partial charge in [-0.15, -0.1) is 5.10 Å². The number of benzene rings is 1. The van der Waals surface area contributed by atoms with Crippen molar-refractivity contribution in [2.75, 3.05) is 5.32 Å². The van der Waals surface area contributed by atoms with Crippen LogP contribution in [0.3, 0.4) is 0 Å². The van der Waals surface area contributed by atoms with Crippen LogP contribution in [0.1, 0.15) is 11.3 Å². The molecule has 0 amide bonds. The molecule has 1 aromatic carbocycles. The molecule has 1 heterocycles. The average molecular weight is 281 g/mol. The maximum absolute atomic E-state index is 4.01. The van der Waals surface area contributed by atoms with Crippen LogP contribution in [0.2, 0.25) is 0 Å². The zero-order valence-electron chi connectivity index (χ0n) is 9.24. The first-order valence-electron chi connectivity index (χ1n) is 5.00. The van der Waals surface area contributed by atoms with Crippen LogP contribution in [0, 0.1) is 6.92 Å². The molecular formula is C11H13BrN4. The lowest BCUT2D eigenvalue weighted by Crippen LogP contribution is -2.00. The zero-order valence-corrected chi connectivity index (χ0v) is 10.8. The molecule has 0 aliphatic rings. The minimum Gasteiger partial charge on any atom is -0.379 e. The second kappa shape index (κ2) is 4.65. The van der Waals surface area contributed by atoms with E-state index in [0.717, 1.165) is 15.9 Å². The van der Waals surface area contributed by atoms with Gasteiger partial charge in [-0.3, -0.25) is 4.68 Å². The van der Waals surface area contributed by atoms with Gasteiger partial charge in [-0.05, 0) is 30.7 Å². The Kier molecular flexibility index (Phi) is 3.24. The van der Waals surface area contributed by atoms with Gasteiger partial charge in [-0.25, -0.2) is 0 Å². The number of halogens is 1. The van der Waals surface area contributed by atoms with E-state index in [1.165, 1.54) is 5.56 Å². The molecule has 2 rings (SSSR count). The van der Waals surface area contributed by atoms with Crippen molar-refractivity contribution < 1.29 is 0 Å². The van der Waals surface area contributed by atoms with Crippen molar-refractivity contribution in [2.45, 2.75) is 13.5 Å². The Labute approximate surface area is 103 Å². The summed E-state index contributed by atoms with van der Waals surface area (Å²) in [6.07, 6.45) is 1.90. The van der Waals surface area contributed by atoms with Gasteiger partial charge >= 0.3 is 0 Å². The summed E-state index contributed by atoms with van der Waals surface area (Å²) in [5.41, 5.74) is 3.23. The summed E-state index contributed by atoms with van der Waals surface area (Å²) in [7, 11) is 1.86. The lowest BCUT2D eigenvalue weighted by Gasteiger charge is -2.05. The van der Waals surface area contributed by atoms with E-state index in [1.54, 1.807) is 4.68 Å². The van der Waals surface area contributed by atoms with E-state index in [-0.39, 0.29) is 0 Å². The van der Waals surface area contributed by atoms with Crippen LogP contribution in [-0.4, -0.2) is 15.0 Å². The fourth-order valence-corrected chi connectivity index (χ4v) is 2.12. The first kappa shape index (κ1) is 11.1. The van der Waals surface area contributed by atoms with Crippen molar-refractivity contribution in [3.05, 3.63) is 40.1 Å². The van der Waals surface area contributed by atoms with Crippen LogP contribution >= 0.6 is 15.9 Å². The van der Waals surface area contributed by atoms with Crippen molar-refractivity contribution in [1.29, 1.82) is 0 Å². The lowest BCUT2D eigenvalue weighted by molar-refractivity contribution is 0.713. The van der Waals surface area contributed by atoms with Crippen molar-refractivity contribution in [2.24, 2.45) is 7.05 Å². The van der Waals surface area contributed by atoms with Crippen molar-refractivity contribution in [1.82, 2.24) is 15.0 Å². The number of anilines is 1. The van der Waals surface area contributed by atoms with Crippen LogP contribution < -0.4 is 5.32 Å². The normalized spacial score (nSPS) is 10.4. The lowest BCUT2D eigenvalue weighted by atomic mass is 10.2. The summed E-state index contributed by atoms with van der Waals surface area (Å²) in [5.74, 6) is 0. The Hall–Kier alpha value is -1.36. The number of nitrogens with one attached hydrogen (secondary N) is 1. The first-order chi connectivity index (χ1) is 7.63. The second-order valence-electron chi connectivity index (χ2n) is 3.75. The maximum Gasteiger partial charge on any atom is 0.102 e. The SMILES string of the molecule is Cc1cc(Br)cc(NCc2cn(C)nn2)c1. The number of aryl methyl sites for hydroxylation is 2. The summed E-state index contributed by atoms with van der Waals surface area (Å²) < 4.78 is 2.78. The van der Waals surface area contributed by atoms with Gasteiger partial charge in [0.2, 0.25) is 0 Å². The summed E-state index contributed by atoms with van der Waals surface area (Å²) in [6.45, 7) is 2.75. The molecule has 5 heteroatoms. The molecule has 1 aromatic heterocycles. The Balaban J connectivity index is 2.04. The average Bonchev–Trinajstić information content (AvgIpc) is 2.60. The van der Waals surface area contributed by atoms with Crippen molar-refractivity contribution >= 4 is 21.6 Å². The number of hydrogen-bond donors (Lipinski definition) is 1. The van der Waals surface area contributed by atoms with Crippen LogP contribution in [0.5, 0.6) is 0 Å². The Morgan fingerprint density at radius 1 is 1.38 bits per heavy atom. The fraction of sp³-hybridized carbons (Fsp3) is 0.273. The topological polar surface area (TPSA) is 42.7 Å². The molecule has 2 aromatic rings. The highest BCUT2D eigenvalue weighted by atomic mass is 79.9. The van der Waals surface area contributed by atoms with Gasteiger partial charge in [-0.1, -0.05) is 21.1 Å². The number of nitrogens with zero attached hydrogens (tertiary/aromatic N) is 3. The molecule has 0 saturated carbocycles.